The summed E-state index contributed by atoms with van der Waals surface area (Å²) in [6.45, 7) is 0.226. The van der Waals surface area contributed by atoms with Crippen molar-refractivity contribution in [1.29, 1.82) is 0 Å². The van der Waals surface area contributed by atoms with Crippen LogP contribution in [0.4, 0.5) is 0 Å². The first-order valence-corrected chi connectivity index (χ1v) is 8.53. The van der Waals surface area contributed by atoms with Crippen LogP contribution in [0.1, 0.15) is 36.0 Å². The van der Waals surface area contributed by atoms with Gasteiger partial charge in [-0.3, -0.25) is 0 Å². The maximum atomic E-state index is 10.1. The topological polar surface area (TPSA) is 68.4 Å². The molecular weight excluding hydrogens is 312 g/mol. The summed E-state index contributed by atoms with van der Waals surface area (Å²) >= 11 is 1.59. The lowest BCUT2D eigenvalue weighted by Crippen LogP contribution is -2.11. The molecule has 6 heteroatoms. The van der Waals surface area contributed by atoms with Crippen LogP contribution in [0.15, 0.2) is 39.5 Å². The standard InChI is InChI=1S/C17H16N2O3S/c20-14-5-1-4-13-12(14)3-2-6-15(13)21-9-16-18-17(19-22-16)11-7-8-23-10-11/h2-3,6-8,10,14,20H,1,4-5,9H2/t14-/m0/s1. The van der Waals surface area contributed by atoms with E-state index >= 15 is 0 Å². The van der Waals surface area contributed by atoms with Gasteiger partial charge in [0, 0.05) is 10.9 Å². The van der Waals surface area contributed by atoms with Gasteiger partial charge >= 0.3 is 0 Å². The number of rotatable bonds is 4. The van der Waals surface area contributed by atoms with E-state index in [1.165, 1.54) is 0 Å². The normalized spacial score (nSPS) is 17.0. The number of nitrogens with zero attached hydrogens (tertiary/aromatic N) is 2. The summed E-state index contributed by atoms with van der Waals surface area (Å²) in [6.07, 6.45) is 2.31. The first-order chi connectivity index (χ1) is 11.3. The van der Waals surface area contributed by atoms with Crippen molar-refractivity contribution >= 4 is 11.3 Å². The van der Waals surface area contributed by atoms with Crippen LogP contribution in [-0.2, 0) is 13.0 Å². The predicted octanol–water partition coefficient (Wildman–Crippen LogP) is 3.75. The zero-order valence-electron chi connectivity index (χ0n) is 12.4. The molecule has 0 fully saturated rings. The Morgan fingerprint density at radius 2 is 2.30 bits per heavy atom. The van der Waals surface area contributed by atoms with E-state index in [9.17, 15) is 5.11 Å². The Labute approximate surface area is 137 Å². The zero-order valence-corrected chi connectivity index (χ0v) is 13.3. The lowest BCUT2D eigenvalue weighted by atomic mass is 9.89. The quantitative estimate of drug-likeness (QED) is 0.790. The minimum Gasteiger partial charge on any atom is -0.483 e. The van der Waals surface area contributed by atoms with Gasteiger partial charge in [-0.1, -0.05) is 17.3 Å². The summed E-state index contributed by atoms with van der Waals surface area (Å²) in [5.41, 5.74) is 3.01. The van der Waals surface area contributed by atoms with Crippen molar-refractivity contribution < 1.29 is 14.4 Å². The van der Waals surface area contributed by atoms with Crippen LogP contribution in [0.5, 0.6) is 5.75 Å². The smallest absolute Gasteiger partial charge is 0.264 e. The summed E-state index contributed by atoms with van der Waals surface area (Å²) in [7, 11) is 0. The lowest BCUT2D eigenvalue weighted by molar-refractivity contribution is 0.154. The fourth-order valence-electron chi connectivity index (χ4n) is 2.89. The third-order valence-electron chi connectivity index (χ3n) is 4.03. The third-order valence-corrected chi connectivity index (χ3v) is 4.71. The van der Waals surface area contributed by atoms with E-state index in [0.29, 0.717) is 11.7 Å². The molecule has 1 aromatic carbocycles. The van der Waals surface area contributed by atoms with Gasteiger partial charge in [0.05, 0.1) is 6.10 Å². The van der Waals surface area contributed by atoms with Gasteiger partial charge in [0.25, 0.3) is 5.89 Å². The number of fused-ring (bicyclic) bond motifs is 1. The van der Waals surface area contributed by atoms with E-state index in [2.05, 4.69) is 10.1 Å². The summed E-state index contributed by atoms with van der Waals surface area (Å²) in [5, 5.41) is 18.0. The molecule has 0 saturated carbocycles. The van der Waals surface area contributed by atoms with Crippen molar-refractivity contribution in [2.45, 2.75) is 32.0 Å². The van der Waals surface area contributed by atoms with Gasteiger partial charge in [-0.25, -0.2) is 0 Å². The maximum Gasteiger partial charge on any atom is 0.264 e. The number of thiophene rings is 1. The molecule has 5 nitrogen and oxygen atoms in total. The summed E-state index contributed by atoms with van der Waals surface area (Å²) < 4.78 is 11.1. The fourth-order valence-corrected chi connectivity index (χ4v) is 3.52. The Balaban J connectivity index is 1.51. The largest absolute Gasteiger partial charge is 0.483 e. The molecule has 4 rings (SSSR count). The maximum absolute atomic E-state index is 10.1. The highest BCUT2D eigenvalue weighted by Crippen LogP contribution is 2.35. The second-order valence-corrected chi connectivity index (χ2v) is 6.32. The average molecular weight is 328 g/mol. The second kappa shape index (κ2) is 6.14. The van der Waals surface area contributed by atoms with Crippen molar-refractivity contribution in [2.24, 2.45) is 0 Å². The molecule has 1 aliphatic rings. The Kier molecular flexibility index (Phi) is 3.85. The van der Waals surface area contributed by atoms with Crippen LogP contribution in [0.25, 0.3) is 11.4 Å². The highest BCUT2D eigenvalue weighted by molar-refractivity contribution is 7.08. The minimum atomic E-state index is -0.393. The highest BCUT2D eigenvalue weighted by Gasteiger charge is 2.21. The van der Waals surface area contributed by atoms with E-state index in [1.807, 2.05) is 35.0 Å². The molecule has 3 aromatic rings. The highest BCUT2D eigenvalue weighted by atomic mass is 32.1. The Morgan fingerprint density at radius 1 is 1.35 bits per heavy atom. The molecule has 0 saturated heterocycles. The van der Waals surface area contributed by atoms with E-state index < -0.39 is 6.10 Å². The molecule has 0 aliphatic heterocycles. The summed E-state index contributed by atoms with van der Waals surface area (Å²) in [6, 6.07) is 7.75. The van der Waals surface area contributed by atoms with Crippen LogP contribution in [-0.4, -0.2) is 15.2 Å². The van der Waals surface area contributed by atoms with Crippen LogP contribution >= 0.6 is 11.3 Å². The first-order valence-electron chi connectivity index (χ1n) is 7.59. The van der Waals surface area contributed by atoms with Gasteiger partial charge < -0.3 is 14.4 Å². The van der Waals surface area contributed by atoms with Gasteiger partial charge in [0.1, 0.15) is 5.75 Å². The molecule has 0 radical (unpaired) electrons. The van der Waals surface area contributed by atoms with Gasteiger partial charge in [0.15, 0.2) is 6.61 Å². The van der Waals surface area contributed by atoms with Gasteiger partial charge in [-0.05, 0) is 47.9 Å². The van der Waals surface area contributed by atoms with Crippen LogP contribution < -0.4 is 4.74 Å². The number of aromatic nitrogens is 2. The lowest BCUT2D eigenvalue weighted by Gasteiger charge is -2.23. The molecule has 0 unspecified atom stereocenters. The Morgan fingerprint density at radius 3 is 3.17 bits per heavy atom. The molecular formula is C17H16N2O3S. The van der Waals surface area contributed by atoms with E-state index in [1.54, 1.807) is 11.3 Å². The molecule has 0 amide bonds. The van der Waals surface area contributed by atoms with Crippen molar-refractivity contribution in [3.05, 3.63) is 52.0 Å². The minimum absolute atomic E-state index is 0.226. The van der Waals surface area contributed by atoms with E-state index in [4.69, 9.17) is 9.26 Å². The van der Waals surface area contributed by atoms with Crippen molar-refractivity contribution in [2.75, 3.05) is 0 Å². The van der Waals surface area contributed by atoms with Gasteiger partial charge in [0.2, 0.25) is 5.82 Å². The predicted molar refractivity (Wildman–Crippen MR) is 86.3 cm³/mol. The SMILES string of the molecule is O[C@H]1CCCc2c(OCc3nc(-c4ccsc4)no3)cccc21. The number of hydrogen-bond donors (Lipinski definition) is 1. The Hall–Kier alpha value is -2.18. The molecule has 23 heavy (non-hydrogen) atoms. The van der Waals surface area contributed by atoms with Crippen LogP contribution in [0.3, 0.4) is 0 Å². The molecule has 1 N–H and O–H groups in total. The fraction of sp³-hybridized carbons (Fsp3) is 0.294. The molecule has 118 valence electrons. The molecule has 0 spiro atoms. The van der Waals surface area contributed by atoms with E-state index in [0.717, 1.165) is 41.7 Å². The number of benzene rings is 1. The third kappa shape index (κ3) is 2.87. The number of aliphatic hydroxyl groups is 1. The number of aliphatic hydroxyl groups excluding tert-OH is 1. The molecule has 0 bridgehead atoms. The average Bonchev–Trinajstić information content (AvgIpc) is 3.25. The van der Waals surface area contributed by atoms with E-state index in [-0.39, 0.29) is 6.61 Å². The van der Waals surface area contributed by atoms with Crippen LogP contribution in [0.2, 0.25) is 0 Å². The van der Waals surface area contributed by atoms with Crippen molar-refractivity contribution in [3.8, 4) is 17.1 Å². The molecule has 2 heterocycles. The Bertz CT molecular complexity index is 798. The summed E-state index contributed by atoms with van der Waals surface area (Å²) in [4.78, 5) is 4.35. The van der Waals surface area contributed by atoms with Crippen molar-refractivity contribution in [3.63, 3.8) is 0 Å². The number of ether oxygens (including phenoxy) is 1. The zero-order chi connectivity index (χ0) is 15.6. The van der Waals surface area contributed by atoms with Crippen molar-refractivity contribution in [1.82, 2.24) is 10.1 Å². The van der Waals surface area contributed by atoms with Crippen LogP contribution in [0, 0.1) is 0 Å². The monoisotopic (exact) mass is 328 g/mol. The summed E-state index contributed by atoms with van der Waals surface area (Å²) in [5.74, 6) is 1.81. The number of hydrogen-bond acceptors (Lipinski definition) is 6. The molecule has 2 aromatic heterocycles. The first kappa shape index (κ1) is 14.4. The van der Waals surface area contributed by atoms with Gasteiger partial charge in [-0.2, -0.15) is 16.3 Å². The molecule has 1 aliphatic carbocycles. The van der Waals surface area contributed by atoms with Gasteiger partial charge in [-0.15, -0.1) is 0 Å². The molecule has 1 atom stereocenters. The second-order valence-electron chi connectivity index (χ2n) is 5.54.